The monoisotopic (exact) mass is 275 g/mol. The van der Waals surface area contributed by atoms with Crippen LogP contribution in [0.3, 0.4) is 0 Å². The number of nitrogens with one attached hydrogen (secondary N) is 2. The number of nitrogens with zero attached hydrogens (tertiary/aromatic N) is 1. The normalized spacial score (nSPS) is 10.1. The van der Waals surface area contributed by atoms with Crippen LogP contribution in [-0.2, 0) is 6.54 Å². The number of hydrogen-bond acceptors (Lipinski definition) is 4. The Hall–Kier alpha value is -2.83. The van der Waals surface area contributed by atoms with Gasteiger partial charge in [-0.15, -0.1) is 0 Å². The first-order chi connectivity index (χ1) is 9.56. The highest BCUT2D eigenvalue weighted by atomic mass is 16.4. The van der Waals surface area contributed by atoms with Gasteiger partial charge in [-0.05, 0) is 30.7 Å². The highest BCUT2D eigenvalue weighted by Crippen LogP contribution is 2.11. The molecule has 2 aromatic heterocycles. The van der Waals surface area contributed by atoms with Crippen LogP contribution in [0.2, 0.25) is 0 Å². The smallest absolute Gasteiger partial charge is 0.371 e. The molecule has 7 nitrogen and oxygen atoms in total. The maximum Gasteiger partial charge on any atom is 0.371 e. The van der Waals surface area contributed by atoms with Crippen LogP contribution in [0.15, 0.2) is 35.0 Å². The largest absolute Gasteiger partial charge is 0.475 e. The number of carboxylic acids is 1. The summed E-state index contributed by atoms with van der Waals surface area (Å²) in [6.07, 6.45) is 3.18. The molecule has 0 atom stereocenters. The molecule has 0 aliphatic carbocycles. The van der Waals surface area contributed by atoms with Crippen LogP contribution >= 0.6 is 0 Å². The zero-order valence-corrected chi connectivity index (χ0v) is 10.7. The maximum atomic E-state index is 11.7. The lowest BCUT2D eigenvalue weighted by Crippen LogP contribution is -2.28. The first kappa shape index (κ1) is 13.6. The predicted octanol–water partition coefficient (Wildman–Crippen LogP) is 2.00. The van der Waals surface area contributed by atoms with Crippen molar-refractivity contribution in [2.24, 2.45) is 0 Å². The summed E-state index contributed by atoms with van der Waals surface area (Å²) in [6, 6.07) is 4.19. The van der Waals surface area contributed by atoms with Crippen LogP contribution < -0.4 is 10.6 Å². The molecule has 0 fully saturated rings. The number of aromatic nitrogens is 1. The zero-order chi connectivity index (χ0) is 14.5. The fraction of sp³-hybridized carbons (Fsp3) is 0.154. The van der Waals surface area contributed by atoms with Gasteiger partial charge in [0, 0.05) is 6.20 Å². The van der Waals surface area contributed by atoms with Gasteiger partial charge in [-0.3, -0.25) is 4.98 Å². The summed E-state index contributed by atoms with van der Waals surface area (Å²) in [6.45, 7) is 1.95. The van der Waals surface area contributed by atoms with Gasteiger partial charge in [0.15, 0.2) is 0 Å². The lowest BCUT2D eigenvalue weighted by Gasteiger charge is -2.08. The summed E-state index contributed by atoms with van der Waals surface area (Å²) in [7, 11) is 0. The Morgan fingerprint density at radius 3 is 2.80 bits per heavy atom. The number of amides is 2. The van der Waals surface area contributed by atoms with Gasteiger partial charge in [0.1, 0.15) is 5.76 Å². The number of carbonyl (C=O) groups excluding carboxylic acids is 1. The molecule has 0 aliphatic heterocycles. The van der Waals surface area contributed by atoms with E-state index in [1.807, 2.05) is 6.92 Å². The third-order valence-electron chi connectivity index (χ3n) is 2.58. The molecule has 2 rings (SSSR count). The molecular weight excluding hydrogens is 262 g/mol. The molecule has 0 aliphatic rings. The molecular formula is C13H13N3O4. The molecule has 0 saturated carbocycles. The minimum atomic E-state index is -1.15. The van der Waals surface area contributed by atoms with E-state index in [1.165, 1.54) is 12.1 Å². The van der Waals surface area contributed by atoms with Gasteiger partial charge < -0.3 is 20.2 Å². The van der Waals surface area contributed by atoms with E-state index in [1.54, 1.807) is 18.5 Å². The van der Waals surface area contributed by atoms with Crippen molar-refractivity contribution in [3.63, 3.8) is 0 Å². The molecule has 0 radical (unpaired) electrons. The summed E-state index contributed by atoms with van der Waals surface area (Å²) in [5, 5.41) is 13.9. The summed E-state index contributed by atoms with van der Waals surface area (Å²) in [5.41, 5.74) is 1.50. The van der Waals surface area contributed by atoms with E-state index in [4.69, 9.17) is 9.52 Å². The minimum Gasteiger partial charge on any atom is -0.475 e. The van der Waals surface area contributed by atoms with Crippen molar-refractivity contribution in [1.29, 1.82) is 0 Å². The van der Waals surface area contributed by atoms with E-state index in [9.17, 15) is 9.59 Å². The van der Waals surface area contributed by atoms with E-state index in [2.05, 4.69) is 15.6 Å². The Morgan fingerprint density at radius 2 is 2.15 bits per heavy atom. The molecule has 0 spiro atoms. The van der Waals surface area contributed by atoms with Crippen LogP contribution in [0, 0.1) is 6.92 Å². The number of carboxylic acid groups (broad SMARTS) is 1. The van der Waals surface area contributed by atoms with Crippen molar-refractivity contribution in [2.75, 3.05) is 5.32 Å². The third kappa shape index (κ3) is 3.35. The van der Waals surface area contributed by atoms with Crippen LogP contribution in [0.4, 0.5) is 10.5 Å². The van der Waals surface area contributed by atoms with E-state index >= 15 is 0 Å². The van der Waals surface area contributed by atoms with Crippen molar-refractivity contribution in [1.82, 2.24) is 10.3 Å². The van der Waals surface area contributed by atoms with Gasteiger partial charge in [-0.2, -0.15) is 0 Å². The summed E-state index contributed by atoms with van der Waals surface area (Å²) in [4.78, 5) is 26.2. The summed E-state index contributed by atoms with van der Waals surface area (Å²) >= 11 is 0. The number of hydrogen-bond donors (Lipinski definition) is 3. The van der Waals surface area contributed by atoms with Gasteiger partial charge in [0.2, 0.25) is 5.76 Å². The van der Waals surface area contributed by atoms with E-state index in [-0.39, 0.29) is 12.3 Å². The van der Waals surface area contributed by atoms with Gasteiger partial charge >= 0.3 is 12.0 Å². The van der Waals surface area contributed by atoms with Gasteiger partial charge in [0.25, 0.3) is 0 Å². The fourth-order valence-corrected chi connectivity index (χ4v) is 1.52. The Labute approximate surface area is 114 Å². The quantitative estimate of drug-likeness (QED) is 0.791. The van der Waals surface area contributed by atoms with Crippen LogP contribution in [0.5, 0.6) is 0 Å². The van der Waals surface area contributed by atoms with E-state index < -0.39 is 12.0 Å². The SMILES string of the molecule is Cc1ccncc1NC(=O)NCc1ccc(C(=O)O)o1. The highest BCUT2D eigenvalue weighted by Gasteiger charge is 2.10. The molecule has 104 valence electrons. The molecule has 0 unspecified atom stereocenters. The van der Waals surface area contributed by atoms with Gasteiger partial charge in [0.05, 0.1) is 18.4 Å². The van der Waals surface area contributed by atoms with E-state index in [0.29, 0.717) is 11.4 Å². The van der Waals surface area contributed by atoms with Crippen LogP contribution in [0.25, 0.3) is 0 Å². The first-order valence-corrected chi connectivity index (χ1v) is 5.83. The van der Waals surface area contributed by atoms with Gasteiger partial charge in [-0.25, -0.2) is 9.59 Å². The Bertz CT molecular complexity index is 636. The Balaban J connectivity index is 1.89. The number of aromatic carboxylic acids is 1. The zero-order valence-electron chi connectivity index (χ0n) is 10.7. The summed E-state index contributed by atoms with van der Waals surface area (Å²) in [5.74, 6) is -0.947. The number of anilines is 1. The Morgan fingerprint density at radius 1 is 1.35 bits per heavy atom. The number of aryl methyl sites for hydroxylation is 1. The molecule has 2 heterocycles. The summed E-state index contributed by atoms with van der Waals surface area (Å²) < 4.78 is 5.02. The van der Waals surface area contributed by atoms with Crippen LogP contribution in [-0.4, -0.2) is 22.1 Å². The molecule has 3 N–H and O–H groups in total. The second-order valence-electron chi connectivity index (χ2n) is 4.07. The highest BCUT2D eigenvalue weighted by molar-refractivity contribution is 5.89. The van der Waals surface area contributed by atoms with Crippen molar-refractivity contribution in [2.45, 2.75) is 13.5 Å². The standard InChI is InChI=1S/C13H13N3O4/c1-8-4-5-14-7-10(8)16-13(19)15-6-9-2-3-11(20-9)12(17)18/h2-5,7H,6H2,1H3,(H,17,18)(H2,15,16,19). The second-order valence-corrected chi connectivity index (χ2v) is 4.07. The lowest BCUT2D eigenvalue weighted by atomic mass is 10.2. The van der Waals surface area contributed by atoms with E-state index in [0.717, 1.165) is 5.56 Å². The molecule has 2 aromatic rings. The topological polar surface area (TPSA) is 104 Å². The number of urea groups is 1. The van der Waals surface area contributed by atoms with Crippen molar-refractivity contribution in [3.8, 4) is 0 Å². The van der Waals surface area contributed by atoms with Crippen LogP contribution in [0.1, 0.15) is 21.9 Å². The maximum absolute atomic E-state index is 11.7. The Kier molecular flexibility index (Phi) is 3.99. The molecule has 7 heteroatoms. The average molecular weight is 275 g/mol. The fourth-order valence-electron chi connectivity index (χ4n) is 1.52. The minimum absolute atomic E-state index is 0.0957. The number of furan rings is 1. The molecule has 0 bridgehead atoms. The van der Waals surface area contributed by atoms with Crippen molar-refractivity contribution in [3.05, 3.63) is 47.7 Å². The number of pyridine rings is 1. The second kappa shape index (κ2) is 5.87. The molecule has 0 saturated heterocycles. The molecule has 0 aromatic carbocycles. The number of carbonyl (C=O) groups is 2. The number of rotatable bonds is 4. The molecule has 20 heavy (non-hydrogen) atoms. The van der Waals surface area contributed by atoms with Crippen molar-refractivity contribution < 1.29 is 19.1 Å². The third-order valence-corrected chi connectivity index (χ3v) is 2.58. The predicted molar refractivity (Wildman–Crippen MR) is 70.5 cm³/mol. The lowest BCUT2D eigenvalue weighted by molar-refractivity contribution is 0.0660. The van der Waals surface area contributed by atoms with Gasteiger partial charge in [-0.1, -0.05) is 0 Å². The average Bonchev–Trinajstić information content (AvgIpc) is 2.88. The molecule has 2 amide bonds. The van der Waals surface area contributed by atoms with Crippen molar-refractivity contribution >= 4 is 17.7 Å². The first-order valence-electron chi connectivity index (χ1n) is 5.83.